The fourth-order valence-electron chi connectivity index (χ4n) is 4.57. The highest BCUT2D eigenvalue weighted by atomic mass is 16.5. The van der Waals surface area contributed by atoms with Gasteiger partial charge in [-0.25, -0.2) is 0 Å². The molecule has 0 radical (unpaired) electrons. The number of pyridine rings is 1. The number of aliphatic hydroxyl groups is 2. The number of hydrogen-bond acceptors (Lipinski definition) is 5. The Morgan fingerprint density at radius 2 is 1.86 bits per heavy atom. The van der Waals surface area contributed by atoms with E-state index in [4.69, 9.17) is 4.74 Å². The van der Waals surface area contributed by atoms with Gasteiger partial charge in [0.1, 0.15) is 12.4 Å². The van der Waals surface area contributed by atoms with Gasteiger partial charge >= 0.3 is 0 Å². The molecule has 0 fully saturated rings. The summed E-state index contributed by atoms with van der Waals surface area (Å²) >= 11 is 0. The molecule has 2 heterocycles. The number of aryl methyl sites for hydroxylation is 1. The van der Waals surface area contributed by atoms with Gasteiger partial charge < -0.3 is 19.5 Å². The van der Waals surface area contributed by atoms with E-state index in [2.05, 4.69) is 52.6 Å². The van der Waals surface area contributed by atoms with Crippen molar-refractivity contribution in [2.24, 2.45) is 0 Å². The summed E-state index contributed by atoms with van der Waals surface area (Å²) in [6, 6.07) is 22.2. The summed E-state index contributed by atoms with van der Waals surface area (Å²) in [7, 11) is 0. The minimum Gasteiger partial charge on any atom is -0.487 e. The van der Waals surface area contributed by atoms with Crippen molar-refractivity contribution in [2.75, 3.05) is 19.7 Å². The Morgan fingerprint density at radius 3 is 2.66 bits per heavy atom. The fraction of sp³-hybridized carbons (Fsp3) is 0.345. The van der Waals surface area contributed by atoms with Crippen molar-refractivity contribution in [3.05, 3.63) is 95.4 Å². The highest BCUT2D eigenvalue weighted by molar-refractivity contribution is 5.85. The van der Waals surface area contributed by atoms with Crippen LogP contribution in [0.5, 0.6) is 5.75 Å². The predicted octanol–water partition coefficient (Wildman–Crippen LogP) is 4.48. The van der Waals surface area contributed by atoms with Crippen molar-refractivity contribution in [1.82, 2.24) is 14.5 Å². The zero-order chi connectivity index (χ0) is 24.6. The quantitative estimate of drug-likeness (QED) is 0.318. The minimum absolute atomic E-state index is 0.125. The van der Waals surface area contributed by atoms with E-state index < -0.39 is 6.10 Å². The smallest absolute Gasteiger partial charge is 0.130 e. The standard InChI is InChI=1S/C29H35N3O3/c1-22-23(2)32(29-13-4-3-12-28(22)29)20-26(34)19-31(15-8-16-33)18-24-9-7-11-27(17-24)35-21-25-10-5-6-14-30-25/h3-7,9-14,17,26,33-34H,8,15-16,18-21H2,1-2H3. The van der Waals surface area contributed by atoms with Crippen LogP contribution in [0.2, 0.25) is 0 Å². The molecule has 1 atom stereocenters. The molecule has 4 rings (SSSR count). The molecular formula is C29H35N3O3. The lowest BCUT2D eigenvalue weighted by Gasteiger charge is -2.26. The van der Waals surface area contributed by atoms with Crippen LogP contribution in [-0.4, -0.2) is 50.5 Å². The van der Waals surface area contributed by atoms with Crippen LogP contribution >= 0.6 is 0 Å². The molecule has 0 amide bonds. The summed E-state index contributed by atoms with van der Waals surface area (Å²) in [4.78, 5) is 6.51. The average Bonchev–Trinajstić information content (AvgIpc) is 3.12. The lowest BCUT2D eigenvalue weighted by molar-refractivity contribution is 0.0908. The van der Waals surface area contributed by atoms with Crippen LogP contribution in [0.1, 0.15) is 28.9 Å². The SMILES string of the molecule is Cc1c(C)n(CC(O)CN(CCCO)Cc2cccc(OCc3ccccn3)c2)c2ccccc12. The van der Waals surface area contributed by atoms with Crippen molar-refractivity contribution in [1.29, 1.82) is 0 Å². The maximum absolute atomic E-state index is 11.1. The monoisotopic (exact) mass is 473 g/mol. The van der Waals surface area contributed by atoms with Gasteiger partial charge in [-0.3, -0.25) is 9.88 Å². The summed E-state index contributed by atoms with van der Waals surface area (Å²) in [6.07, 6.45) is 1.89. The van der Waals surface area contributed by atoms with Gasteiger partial charge in [0.05, 0.1) is 18.3 Å². The number of benzene rings is 2. The number of nitrogens with zero attached hydrogens (tertiary/aromatic N) is 3. The Labute approximate surface area is 207 Å². The normalized spacial score (nSPS) is 12.4. The first-order chi connectivity index (χ1) is 17.0. The molecule has 2 aromatic carbocycles. The molecule has 35 heavy (non-hydrogen) atoms. The number of fused-ring (bicyclic) bond motifs is 1. The molecule has 0 aliphatic rings. The van der Waals surface area contributed by atoms with E-state index in [1.165, 1.54) is 16.6 Å². The molecule has 0 saturated heterocycles. The third-order valence-corrected chi connectivity index (χ3v) is 6.46. The summed E-state index contributed by atoms with van der Waals surface area (Å²) in [6.45, 7) is 7.21. The molecule has 6 nitrogen and oxygen atoms in total. The summed E-state index contributed by atoms with van der Waals surface area (Å²) < 4.78 is 8.15. The van der Waals surface area contributed by atoms with Crippen molar-refractivity contribution in [3.63, 3.8) is 0 Å². The van der Waals surface area contributed by atoms with Gasteiger partial charge in [-0.2, -0.15) is 0 Å². The molecule has 1 unspecified atom stereocenters. The lowest BCUT2D eigenvalue weighted by Crippen LogP contribution is -2.35. The maximum atomic E-state index is 11.1. The molecular weight excluding hydrogens is 438 g/mol. The van der Waals surface area contributed by atoms with Gasteiger partial charge in [0, 0.05) is 49.0 Å². The van der Waals surface area contributed by atoms with Crippen molar-refractivity contribution < 1.29 is 14.9 Å². The molecule has 0 bridgehead atoms. The summed E-state index contributed by atoms with van der Waals surface area (Å²) in [5.41, 5.74) is 5.58. The molecule has 0 spiro atoms. The Morgan fingerprint density at radius 1 is 1.03 bits per heavy atom. The molecule has 184 valence electrons. The Hall–Kier alpha value is -3.19. The second-order valence-corrected chi connectivity index (χ2v) is 9.06. The average molecular weight is 474 g/mol. The van der Waals surface area contributed by atoms with Gasteiger partial charge in [0.25, 0.3) is 0 Å². The third-order valence-electron chi connectivity index (χ3n) is 6.46. The second-order valence-electron chi connectivity index (χ2n) is 9.06. The first-order valence-corrected chi connectivity index (χ1v) is 12.2. The van der Waals surface area contributed by atoms with E-state index in [-0.39, 0.29) is 6.61 Å². The van der Waals surface area contributed by atoms with Crippen LogP contribution in [0.4, 0.5) is 0 Å². The molecule has 6 heteroatoms. The molecule has 0 aliphatic heterocycles. The number of rotatable bonds is 12. The molecule has 4 aromatic rings. The lowest BCUT2D eigenvalue weighted by atomic mass is 10.1. The summed E-state index contributed by atoms with van der Waals surface area (Å²) in [5, 5.41) is 21.7. The van der Waals surface area contributed by atoms with Crippen molar-refractivity contribution in [3.8, 4) is 5.75 Å². The minimum atomic E-state index is -0.536. The van der Waals surface area contributed by atoms with Gasteiger partial charge in [0.2, 0.25) is 0 Å². The van der Waals surface area contributed by atoms with Gasteiger partial charge in [-0.05, 0) is 61.7 Å². The van der Waals surface area contributed by atoms with E-state index in [0.29, 0.717) is 39.2 Å². The summed E-state index contributed by atoms with van der Waals surface area (Å²) in [5.74, 6) is 0.792. The Kier molecular flexibility index (Phi) is 8.53. The Balaban J connectivity index is 1.42. The first kappa shape index (κ1) is 24.9. The van der Waals surface area contributed by atoms with Crippen LogP contribution in [0.25, 0.3) is 10.9 Å². The van der Waals surface area contributed by atoms with Crippen LogP contribution in [0.3, 0.4) is 0 Å². The first-order valence-electron chi connectivity index (χ1n) is 12.2. The maximum Gasteiger partial charge on any atom is 0.130 e. The van der Waals surface area contributed by atoms with E-state index >= 15 is 0 Å². The highest BCUT2D eigenvalue weighted by Crippen LogP contribution is 2.25. The predicted molar refractivity (Wildman–Crippen MR) is 139 cm³/mol. The van der Waals surface area contributed by atoms with Crippen LogP contribution in [0, 0.1) is 13.8 Å². The topological polar surface area (TPSA) is 70.8 Å². The van der Waals surface area contributed by atoms with E-state index in [0.717, 1.165) is 22.5 Å². The molecule has 2 N–H and O–H groups in total. The van der Waals surface area contributed by atoms with Crippen LogP contribution < -0.4 is 4.74 Å². The van der Waals surface area contributed by atoms with Crippen LogP contribution in [-0.2, 0) is 19.7 Å². The second kappa shape index (κ2) is 12.0. The van der Waals surface area contributed by atoms with E-state index in [9.17, 15) is 10.2 Å². The Bertz CT molecular complexity index is 1220. The number of ether oxygens (including phenoxy) is 1. The van der Waals surface area contributed by atoms with E-state index in [1.54, 1.807) is 6.20 Å². The largest absolute Gasteiger partial charge is 0.487 e. The van der Waals surface area contributed by atoms with Crippen molar-refractivity contribution >= 4 is 10.9 Å². The molecule has 0 saturated carbocycles. The molecule has 0 aliphatic carbocycles. The fourth-order valence-corrected chi connectivity index (χ4v) is 4.57. The molecule has 2 aromatic heterocycles. The zero-order valence-electron chi connectivity index (χ0n) is 20.6. The van der Waals surface area contributed by atoms with E-state index in [1.807, 2.05) is 42.5 Å². The van der Waals surface area contributed by atoms with Gasteiger partial charge in [-0.1, -0.05) is 36.4 Å². The van der Waals surface area contributed by atoms with Crippen molar-refractivity contribution in [2.45, 2.75) is 46.1 Å². The number of para-hydroxylation sites is 1. The third kappa shape index (κ3) is 6.48. The van der Waals surface area contributed by atoms with Crippen LogP contribution in [0.15, 0.2) is 72.9 Å². The van der Waals surface area contributed by atoms with Gasteiger partial charge in [0.15, 0.2) is 0 Å². The highest BCUT2D eigenvalue weighted by Gasteiger charge is 2.17. The van der Waals surface area contributed by atoms with Gasteiger partial charge in [-0.15, -0.1) is 0 Å². The number of aliphatic hydroxyl groups excluding tert-OH is 2. The zero-order valence-corrected chi connectivity index (χ0v) is 20.6. The number of aromatic nitrogens is 2. The number of hydrogen-bond donors (Lipinski definition) is 2.